The van der Waals surface area contributed by atoms with E-state index in [1.54, 1.807) is 6.33 Å². The number of rotatable bonds is 4. The van der Waals surface area contributed by atoms with Gasteiger partial charge in [0.05, 0.1) is 5.69 Å². The number of aryl methyl sites for hydroxylation is 2. The summed E-state index contributed by atoms with van der Waals surface area (Å²) in [6, 6.07) is 5.57. The van der Waals surface area contributed by atoms with Gasteiger partial charge in [-0.1, -0.05) is 0 Å². The van der Waals surface area contributed by atoms with E-state index in [1.807, 2.05) is 6.20 Å². The van der Waals surface area contributed by atoms with E-state index < -0.39 is 0 Å². The third-order valence-electron chi connectivity index (χ3n) is 5.76. The summed E-state index contributed by atoms with van der Waals surface area (Å²) in [6.45, 7) is 2.10. The number of nitrogens with zero attached hydrogens (tertiary/aromatic N) is 6. The van der Waals surface area contributed by atoms with Crippen LogP contribution < -0.4 is 9.80 Å². The lowest BCUT2D eigenvalue weighted by Gasteiger charge is -2.39. The fourth-order valence-corrected chi connectivity index (χ4v) is 4.31. The smallest absolute Gasteiger partial charge is 0.151 e. The molecule has 1 saturated heterocycles. The molecule has 2 aromatic heterocycles. The second kappa shape index (κ2) is 6.24. The van der Waals surface area contributed by atoms with Gasteiger partial charge >= 0.3 is 0 Å². The van der Waals surface area contributed by atoms with Crippen molar-refractivity contribution in [3.05, 3.63) is 35.9 Å². The summed E-state index contributed by atoms with van der Waals surface area (Å²) in [7, 11) is 0. The molecule has 0 amide bonds. The van der Waals surface area contributed by atoms with Crippen LogP contribution >= 0.6 is 0 Å². The quantitative estimate of drug-likeness (QED) is 0.854. The first-order chi connectivity index (χ1) is 12.4. The van der Waals surface area contributed by atoms with Crippen LogP contribution in [0.4, 0.5) is 11.6 Å². The Labute approximate surface area is 148 Å². The maximum Gasteiger partial charge on any atom is 0.151 e. The van der Waals surface area contributed by atoms with Crippen LogP contribution in [-0.2, 0) is 12.8 Å². The second-order valence-electron chi connectivity index (χ2n) is 7.45. The van der Waals surface area contributed by atoms with Crippen molar-refractivity contribution in [3.63, 3.8) is 0 Å². The molecule has 6 heteroatoms. The first kappa shape index (κ1) is 15.0. The zero-order valence-electron chi connectivity index (χ0n) is 14.5. The average Bonchev–Trinajstić information content (AvgIpc) is 3.39. The number of fused-ring (bicyclic) bond motifs is 1. The van der Waals surface area contributed by atoms with Crippen molar-refractivity contribution in [2.45, 2.75) is 57.0 Å². The van der Waals surface area contributed by atoms with Gasteiger partial charge in [0.1, 0.15) is 12.1 Å². The molecule has 6 nitrogen and oxygen atoms in total. The second-order valence-corrected chi connectivity index (χ2v) is 7.45. The zero-order chi connectivity index (χ0) is 16.6. The molecule has 0 spiro atoms. The van der Waals surface area contributed by atoms with Crippen LogP contribution in [0, 0.1) is 0 Å². The van der Waals surface area contributed by atoms with Gasteiger partial charge in [0, 0.05) is 31.4 Å². The number of anilines is 2. The van der Waals surface area contributed by atoms with Gasteiger partial charge in [-0.05, 0) is 62.6 Å². The SMILES string of the molecule is c1cc(N(C2CC2)C2CCN(c3cc4c(nn3)CCC4)CC2)ncn1. The molecule has 5 rings (SSSR count). The Morgan fingerprint density at radius 1 is 1.00 bits per heavy atom. The fourth-order valence-electron chi connectivity index (χ4n) is 4.31. The number of piperidine rings is 1. The maximum absolute atomic E-state index is 4.51. The van der Waals surface area contributed by atoms with Gasteiger partial charge in [-0.3, -0.25) is 0 Å². The lowest BCUT2D eigenvalue weighted by molar-refractivity contribution is 0.456. The predicted molar refractivity (Wildman–Crippen MR) is 96.8 cm³/mol. The summed E-state index contributed by atoms with van der Waals surface area (Å²) in [5, 5.41) is 8.95. The highest BCUT2D eigenvalue weighted by Crippen LogP contribution is 2.35. The lowest BCUT2D eigenvalue weighted by Crippen LogP contribution is -2.46. The van der Waals surface area contributed by atoms with E-state index in [0.717, 1.165) is 50.4 Å². The highest BCUT2D eigenvalue weighted by molar-refractivity contribution is 5.45. The molecule has 1 aliphatic heterocycles. The zero-order valence-corrected chi connectivity index (χ0v) is 14.5. The van der Waals surface area contributed by atoms with Crippen molar-refractivity contribution < 1.29 is 0 Å². The molecule has 25 heavy (non-hydrogen) atoms. The summed E-state index contributed by atoms with van der Waals surface area (Å²) in [6.07, 6.45) is 11.9. The monoisotopic (exact) mass is 336 g/mol. The van der Waals surface area contributed by atoms with Crippen LogP contribution in [0.2, 0.25) is 0 Å². The van der Waals surface area contributed by atoms with Gasteiger partial charge < -0.3 is 9.80 Å². The molecule has 2 aliphatic carbocycles. The Morgan fingerprint density at radius 2 is 1.84 bits per heavy atom. The molecule has 2 fully saturated rings. The van der Waals surface area contributed by atoms with Crippen molar-refractivity contribution in [2.24, 2.45) is 0 Å². The summed E-state index contributed by atoms with van der Waals surface area (Å²) in [4.78, 5) is 13.5. The van der Waals surface area contributed by atoms with Crippen LogP contribution in [0.15, 0.2) is 24.7 Å². The third kappa shape index (κ3) is 2.94. The van der Waals surface area contributed by atoms with E-state index in [2.05, 4.69) is 42.1 Å². The van der Waals surface area contributed by atoms with Crippen LogP contribution in [-0.4, -0.2) is 45.3 Å². The molecule has 130 valence electrons. The van der Waals surface area contributed by atoms with E-state index in [1.165, 1.54) is 30.5 Å². The molecular weight excluding hydrogens is 312 g/mol. The minimum Gasteiger partial charge on any atom is -0.355 e. The highest BCUT2D eigenvalue weighted by Gasteiger charge is 2.36. The molecule has 0 aromatic carbocycles. The largest absolute Gasteiger partial charge is 0.355 e. The summed E-state index contributed by atoms with van der Waals surface area (Å²) in [5.74, 6) is 2.16. The van der Waals surface area contributed by atoms with Crippen molar-refractivity contribution in [2.75, 3.05) is 22.9 Å². The average molecular weight is 336 g/mol. The normalized spacial score (nSPS) is 20.6. The maximum atomic E-state index is 4.51. The number of aromatic nitrogens is 4. The molecular formula is C19H24N6. The molecule has 0 bridgehead atoms. The van der Waals surface area contributed by atoms with Crippen molar-refractivity contribution in [1.29, 1.82) is 0 Å². The van der Waals surface area contributed by atoms with Gasteiger partial charge in [-0.25, -0.2) is 9.97 Å². The highest BCUT2D eigenvalue weighted by atomic mass is 15.3. The molecule has 0 atom stereocenters. The molecule has 2 aromatic rings. The van der Waals surface area contributed by atoms with Crippen LogP contribution in [0.5, 0.6) is 0 Å². The van der Waals surface area contributed by atoms with Gasteiger partial charge in [-0.2, -0.15) is 5.10 Å². The van der Waals surface area contributed by atoms with Crippen molar-refractivity contribution in [1.82, 2.24) is 20.2 Å². The molecule has 3 heterocycles. The molecule has 0 radical (unpaired) electrons. The van der Waals surface area contributed by atoms with E-state index >= 15 is 0 Å². The summed E-state index contributed by atoms with van der Waals surface area (Å²) < 4.78 is 0. The van der Waals surface area contributed by atoms with E-state index in [4.69, 9.17) is 0 Å². The van der Waals surface area contributed by atoms with Crippen molar-refractivity contribution >= 4 is 11.6 Å². The standard InChI is InChI=1S/C19H24N6/c1-2-14-12-19(23-22-17(14)3-1)24-10-7-16(8-11-24)25(15-4-5-15)18-6-9-20-13-21-18/h6,9,12-13,15-16H,1-5,7-8,10-11H2. The lowest BCUT2D eigenvalue weighted by atomic mass is 10.0. The van der Waals surface area contributed by atoms with E-state index in [9.17, 15) is 0 Å². The minimum absolute atomic E-state index is 0.570. The Balaban J connectivity index is 1.29. The van der Waals surface area contributed by atoms with Gasteiger partial charge in [0.2, 0.25) is 0 Å². The number of hydrogen-bond donors (Lipinski definition) is 0. The number of hydrogen-bond acceptors (Lipinski definition) is 6. The Kier molecular flexibility index (Phi) is 3.76. The molecule has 0 unspecified atom stereocenters. The third-order valence-corrected chi connectivity index (χ3v) is 5.76. The fraction of sp³-hybridized carbons (Fsp3) is 0.579. The Hall–Kier alpha value is -2.24. The minimum atomic E-state index is 0.570. The van der Waals surface area contributed by atoms with Crippen molar-refractivity contribution in [3.8, 4) is 0 Å². The molecule has 3 aliphatic rings. The van der Waals surface area contributed by atoms with Crippen LogP contribution in [0.3, 0.4) is 0 Å². The van der Waals surface area contributed by atoms with E-state index in [-0.39, 0.29) is 0 Å². The van der Waals surface area contributed by atoms with Gasteiger partial charge in [-0.15, -0.1) is 5.10 Å². The van der Waals surface area contributed by atoms with E-state index in [0.29, 0.717) is 12.1 Å². The Morgan fingerprint density at radius 3 is 2.60 bits per heavy atom. The topological polar surface area (TPSA) is 58.0 Å². The van der Waals surface area contributed by atoms with Crippen LogP contribution in [0.1, 0.15) is 43.4 Å². The summed E-state index contributed by atoms with van der Waals surface area (Å²) >= 11 is 0. The molecule has 0 N–H and O–H groups in total. The first-order valence-electron chi connectivity index (χ1n) is 9.53. The van der Waals surface area contributed by atoms with Gasteiger partial charge in [0.15, 0.2) is 5.82 Å². The first-order valence-corrected chi connectivity index (χ1v) is 9.53. The Bertz CT molecular complexity index is 737. The molecule has 1 saturated carbocycles. The summed E-state index contributed by atoms with van der Waals surface area (Å²) in [5.41, 5.74) is 2.62. The predicted octanol–water partition coefficient (Wildman–Crippen LogP) is 2.39. The van der Waals surface area contributed by atoms with Crippen LogP contribution in [0.25, 0.3) is 0 Å². The van der Waals surface area contributed by atoms with Gasteiger partial charge in [0.25, 0.3) is 0 Å².